The highest BCUT2D eigenvalue weighted by Crippen LogP contribution is 2.34. The van der Waals surface area contributed by atoms with Crippen molar-refractivity contribution in [2.75, 3.05) is 24.5 Å². The normalized spacial score (nSPS) is 22.9. The molecular weight excluding hydrogens is 220 g/mol. The van der Waals surface area contributed by atoms with Gasteiger partial charge >= 0.3 is 0 Å². The van der Waals surface area contributed by atoms with E-state index in [0.29, 0.717) is 0 Å². The summed E-state index contributed by atoms with van der Waals surface area (Å²) in [6, 6.07) is 9.78. The molecule has 1 aromatic rings. The van der Waals surface area contributed by atoms with E-state index in [-0.39, 0.29) is 0 Å². The maximum atomic E-state index is 3.60. The van der Waals surface area contributed by atoms with E-state index in [9.17, 15) is 0 Å². The number of nitrogens with one attached hydrogen (secondary N) is 1. The van der Waals surface area contributed by atoms with Gasteiger partial charge in [-0.05, 0) is 49.8 Å². The number of benzene rings is 1. The zero-order valence-electron chi connectivity index (χ0n) is 11.4. The molecule has 18 heavy (non-hydrogen) atoms. The van der Waals surface area contributed by atoms with E-state index >= 15 is 0 Å². The van der Waals surface area contributed by atoms with Crippen molar-refractivity contribution >= 4 is 5.69 Å². The summed E-state index contributed by atoms with van der Waals surface area (Å²) in [6.07, 6.45) is 5.35. The third kappa shape index (κ3) is 2.69. The van der Waals surface area contributed by atoms with Gasteiger partial charge in [-0.15, -0.1) is 0 Å². The van der Waals surface area contributed by atoms with Crippen LogP contribution in [0.25, 0.3) is 0 Å². The van der Waals surface area contributed by atoms with Crippen LogP contribution in [0, 0.1) is 0 Å². The van der Waals surface area contributed by atoms with Gasteiger partial charge in [0.2, 0.25) is 0 Å². The minimum atomic E-state index is 0.724. The van der Waals surface area contributed by atoms with Crippen LogP contribution in [0.3, 0.4) is 0 Å². The lowest BCUT2D eigenvalue weighted by molar-refractivity contribution is 0.580. The molecule has 0 saturated heterocycles. The Labute approximate surface area is 110 Å². The van der Waals surface area contributed by atoms with Gasteiger partial charge in [0.1, 0.15) is 0 Å². The molecule has 1 aliphatic carbocycles. The van der Waals surface area contributed by atoms with Gasteiger partial charge in [-0.1, -0.05) is 25.1 Å². The van der Waals surface area contributed by atoms with E-state index in [1.165, 1.54) is 51.0 Å². The highest BCUT2D eigenvalue weighted by molar-refractivity contribution is 5.56. The first-order chi connectivity index (χ1) is 8.84. The number of para-hydroxylation sites is 1. The molecule has 0 amide bonds. The Bertz CT molecular complexity index is 398. The molecule has 1 fully saturated rings. The van der Waals surface area contributed by atoms with Crippen molar-refractivity contribution in [2.45, 2.75) is 44.6 Å². The SMILES string of the molecule is CC1CCN(CCCNC2CC2)c2ccccc21. The summed E-state index contributed by atoms with van der Waals surface area (Å²) in [5.74, 6) is 0.724. The molecule has 1 unspecified atom stereocenters. The Kier molecular flexibility index (Phi) is 3.55. The average Bonchev–Trinajstić information content (AvgIpc) is 3.21. The number of fused-ring (bicyclic) bond motifs is 1. The van der Waals surface area contributed by atoms with E-state index < -0.39 is 0 Å². The number of anilines is 1. The molecule has 1 aromatic carbocycles. The third-order valence-electron chi connectivity index (χ3n) is 4.26. The number of hydrogen-bond donors (Lipinski definition) is 1. The summed E-state index contributed by atoms with van der Waals surface area (Å²) >= 11 is 0. The predicted octanol–water partition coefficient (Wildman–Crippen LogP) is 3.14. The monoisotopic (exact) mass is 244 g/mol. The van der Waals surface area contributed by atoms with Crippen molar-refractivity contribution in [1.82, 2.24) is 5.32 Å². The van der Waals surface area contributed by atoms with Crippen molar-refractivity contribution in [2.24, 2.45) is 0 Å². The summed E-state index contributed by atoms with van der Waals surface area (Å²) in [4.78, 5) is 2.57. The molecule has 3 rings (SSSR count). The second kappa shape index (κ2) is 5.31. The minimum absolute atomic E-state index is 0.724. The Balaban J connectivity index is 1.57. The molecule has 2 nitrogen and oxygen atoms in total. The third-order valence-corrected chi connectivity index (χ3v) is 4.26. The number of hydrogen-bond acceptors (Lipinski definition) is 2. The topological polar surface area (TPSA) is 15.3 Å². The molecule has 1 heterocycles. The van der Waals surface area contributed by atoms with Crippen molar-refractivity contribution in [3.8, 4) is 0 Å². The molecule has 1 atom stereocenters. The Hall–Kier alpha value is -1.02. The molecule has 1 N–H and O–H groups in total. The molecule has 0 spiro atoms. The summed E-state index contributed by atoms with van der Waals surface area (Å²) < 4.78 is 0. The van der Waals surface area contributed by atoms with Crippen molar-refractivity contribution in [1.29, 1.82) is 0 Å². The fourth-order valence-electron chi connectivity index (χ4n) is 2.91. The fourth-order valence-corrected chi connectivity index (χ4v) is 2.91. The molecule has 2 aliphatic rings. The second-order valence-electron chi connectivity index (χ2n) is 5.82. The van der Waals surface area contributed by atoms with Gasteiger partial charge in [-0.2, -0.15) is 0 Å². The van der Waals surface area contributed by atoms with Gasteiger partial charge in [0.25, 0.3) is 0 Å². The lowest BCUT2D eigenvalue weighted by Gasteiger charge is -2.34. The summed E-state index contributed by atoms with van der Waals surface area (Å²) in [5, 5.41) is 3.60. The van der Waals surface area contributed by atoms with E-state index in [2.05, 4.69) is 41.4 Å². The molecule has 0 aromatic heterocycles. The van der Waals surface area contributed by atoms with Gasteiger partial charge in [-0.3, -0.25) is 0 Å². The Morgan fingerprint density at radius 2 is 2.06 bits per heavy atom. The highest BCUT2D eigenvalue weighted by Gasteiger charge is 2.22. The maximum absolute atomic E-state index is 3.60. The summed E-state index contributed by atoms with van der Waals surface area (Å²) in [5.41, 5.74) is 3.02. The second-order valence-corrected chi connectivity index (χ2v) is 5.82. The van der Waals surface area contributed by atoms with Gasteiger partial charge in [0.15, 0.2) is 0 Å². The largest absolute Gasteiger partial charge is 0.371 e. The van der Waals surface area contributed by atoms with Gasteiger partial charge in [0, 0.05) is 24.8 Å². The van der Waals surface area contributed by atoms with Gasteiger partial charge in [0.05, 0.1) is 0 Å². The summed E-state index contributed by atoms with van der Waals surface area (Å²) in [6.45, 7) is 5.95. The first kappa shape index (κ1) is 12.0. The zero-order chi connectivity index (χ0) is 12.4. The predicted molar refractivity (Wildman–Crippen MR) is 77.3 cm³/mol. The zero-order valence-corrected chi connectivity index (χ0v) is 11.4. The Morgan fingerprint density at radius 1 is 1.22 bits per heavy atom. The number of nitrogens with zero attached hydrogens (tertiary/aromatic N) is 1. The van der Waals surface area contributed by atoms with Crippen molar-refractivity contribution in [3.05, 3.63) is 29.8 Å². The van der Waals surface area contributed by atoms with E-state index in [1.54, 1.807) is 5.56 Å². The first-order valence-electron chi connectivity index (χ1n) is 7.42. The first-order valence-corrected chi connectivity index (χ1v) is 7.42. The Morgan fingerprint density at radius 3 is 2.89 bits per heavy atom. The van der Waals surface area contributed by atoms with Crippen LogP contribution in [-0.4, -0.2) is 25.7 Å². The lowest BCUT2D eigenvalue weighted by Crippen LogP contribution is -2.33. The van der Waals surface area contributed by atoms with Crippen LogP contribution in [-0.2, 0) is 0 Å². The van der Waals surface area contributed by atoms with E-state index in [1.807, 2.05) is 0 Å². The van der Waals surface area contributed by atoms with Crippen LogP contribution in [0.15, 0.2) is 24.3 Å². The quantitative estimate of drug-likeness (QED) is 0.801. The average molecular weight is 244 g/mol. The van der Waals surface area contributed by atoms with E-state index in [0.717, 1.165) is 12.0 Å². The fraction of sp³-hybridized carbons (Fsp3) is 0.625. The van der Waals surface area contributed by atoms with Gasteiger partial charge in [-0.25, -0.2) is 0 Å². The van der Waals surface area contributed by atoms with Crippen LogP contribution in [0.5, 0.6) is 0 Å². The maximum Gasteiger partial charge on any atom is 0.0401 e. The minimum Gasteiger partial charge on any atom is -0.371 e. The van der Waals surface area contributed by atoms with E-state index in [4.69, 9.17) is 0 Å². The molecule has 98 valence electrons. The summed E-state index contributed by atoms with van der Waals surface area (Å²) in [7, 11) is 0. The molecular formula is C16H24N2. The lowest BCUT2D eigenvalue weighted by atomic mass is 9.91. The van der Waals surface area contributed by atoms with Crippen LogP contribution < -0.4 is 10.2 Å². The van der Waals surface area contributed by atoms with Gasteiger partial charge < -0.3 is 10.2 Å². The standard InChI is InChI=1S/C16H24N2/c1-13-9-12-18(11-4-10-17-14-7-8-14)16-6-3-2-5-15(13)16/h2-3,5-6,13-14,17H,4,7-12H2,1H3. The molecule has 1 aliphatic heterocycles. The highest BCUT2D eigenvalue weighted by atomic mass is 15.1. The smallest absolute Gasteiger partial charge is 0.0401 e. The van der Waals surface area contributed by atoms with Crippen LogP contribution >= 0.6 is 0 Å². The van der Waals surface area contributed by atoms with Crippen LogP contribution in [0.4, 0.5) is 5.69 Å². The molecule has 0 radical (unpaired) electrons. The van der Waals surface area contributed by atoms with Crippen LogP contribution in [0.1, 0.15) is 44.1 Å². The van der Waals surface area contributed by atoms with Crippen molar-refractivity contribution < 1.29 is 0 Å². The van der Waals surface area contributed by atoms with Crippen molar-refractivity contribution in [3.63, 3.8) is 0 Å². The van der Waals surface area contributed by atoms with Crippen LogP contribution in [0.2, 0.25) is 0 Å². The molecule has 1 saturated carbocycles. The molecule has 2 heteroatoms. The number of rotatable bonds is 5. The molecule has 0 bridgehead atoms.